The van der Waals surface area contributed by atoms with Gasteiger partial charge in [0.25, 0.3) is 0 Å². The molecule has 0 radical (unpaired) electrons. The second-order valence-corrected chi connectivity index (χ2v) is 17.5. The highest BCUT2D eigenvalue weighted by atomic mass is 15.0. The maximum absolute atomic E-state index is 5.07. The van der Waals surface area contributed by atoms with E-state index >= 15 is 0 Å². The van der Waals surface area contributed by atoms with Gasteiger partial charge in [-0.2, -0.15) is 0 Å². The molecule has 0 aliphatic rings. The van der Waals surface area contributed by atoms with Gasteiger partial charge in [-0.3, -0.25) is 0 Å². The van der Waals surface area contributed by atoms with Gasteiger partial charge < -0.3 is 0 Å². The first-order valence-corrected chi connectivity index (χ1v) is 24.0. The van der Waals surface area contributed by atoms with Gasteiger partial charge in [-0.15, -0.1) is 0 Å². The Bertz CT molecular complexity index is 3300. The van der Waals surface area contributed by atoms with Crippen molar-refractivity contribution in [3.8, 4) is 124 Å². The molecular formula is C66H44N6. The van der Waals surface area contributed by atoms with Crippen molar-refractivity contribution in [3.05, 3.63) is 267 Å². The summed E-state index contributed by atoms with van der Waals surface area (Å²) in [5, 5.41) is 0. The first-order valence-electron chi connectivity index (χ1n) is 24.0. The zero-order valence-electron chi connectivity index (χ0n) is 39.1. The monoisotopic (exact) mass is 920 g/mol. The van der Waals surface area contributed by atoms with Crippen molar-refractivity contribution in [2.24, 2.45) is 0 Å². The molecule has 0 unspecified atom stereocenters. The van der Waals surface area contributed by atoms with Crippen LogP contribution in [0.4, 0.5) is 0 Å². The third-order valence-electron chi connectivity index (χ3n) is 12.9. The molecule has 72 heavy (non-hydrogen) atoms. The van der Waals surface area contributed by atoms with Crippen molar-refractivity contribution in [2.45, 2.75) is 0 Å². The quantitative estimate of drug-likeness (QED) is 0.129. The van der Waals surface area contributed by atoms with E-state index in [-0.39, 0.29) is 0 Å². The van der Waals surface area contributed by atoms with Gasteiger partial charge >= 0.3 is 0 Å². The Balaban J connectivity index is 0.854. The van der Waals surface area contributed by atoms with E-state index in [1.54, 1.807) is 0 Å². The second kappa shape index (κ2) is 19.7. The second-order valence-electron chi connectivity index (χ2n) is 17.5. The maximum atomic E-state index is 5.07. The largest absolute Gasteiger partial charge is 0.208 e. The van der Waals surface area contributed by atoms with Gasteiger partial charge in [0.1, 0.15) is 0 Å². The Morgan fingerprint density at radius 1 is 0.111 bits per heavy atom. The van der Waals surface area contributed by atoms with E-state index in [9.17, 15) is 0 Å². The summed E-state index contributed by atoms with van der Waals surface area (Å²) in [6.07, 6.45) is 0. The Labute approximate surface area is 418 Å². The third-order valence-corrected chi connectivity index (χ3v) is 12.9. The molecule has 0 N–H and O–H groups in total. The minimum atomic E-state index is 0.599. The van der Waals surface area contributed by atoms with Crippen LogP contribution in [0.2, 0.25) is 0 Å². The van der Waals surface area contributed by atoms with Gasteiger partial charge in [0, 0.05) is 33.4 Å². The van der Waals surface area contributed by atoms with Crippen molar-refractivity contribution in [2.75, 3.05) is 0 Å². The minimum absolute atomic E-state index is 0.599. The lowest BCUT2D eigenvalue weighted by Crippen LogP contribution is -2.00. The Hall–Kier alpha value is -9.78. The van der Waals surface area contributed by atoms with Crippen LogP contribution in [-0.2, 0) is 0 Å². The van der Waals surface area contributed by atoms with E-state index in [2.05, 4.69) is 243 Å². The standard InChI is InChI=1S/C66H44N6/c1-5-13-45(14-6-1)49-21-33-55(34-22-49)61-67-62(56-35-23-50(24-36-56)46-15-7-2-8-16-46)70-65(69-61)59-41-29-53(30-42-59)54-31-43-60(44-32-54)66-71-63(57-37-25-51(26-38-57)47-17-9-3-10-18-47)68-64(72-66)58-39-27-52(28-40-58)48-19-11-4-12-20-48/h1-44H. The van der Waals surface area contributed by atoms with E-state index in [1.165, 1.54) is 0 Å². The summed E-state index contributed by atoms with van der Waals surface area (Å²) in [5.41, 5.74) is 16.7. The molecule has 12 rings (SSSR count). The average molecular weight is 921 g/mol. The van der Waals surface area contributed by atoms with Gasteiger partial charge in [-0.1, -0.05) is 267 Å². The number of hydrogen-bond acceptors (Lipinski definition) is 6. The summed E-state index contributed by atoms with van der Waals surface area (Å²) in [7, 11) is 0. The van der Waals surface area contributed by atoms with E-state index in [4.69, 9.17) is 29.9 Å². The SMILES string of the molecule is c1ccc(-c2ccc(-c3nc(-c4ccc(-c5ccccc5)cc4)nc(-c4ccc(-c5ccc(-c6nc(-c7ccc(-c8ccccc8)cc7)nc(-c7ccc(-c8ccccc8)cc7)n6)cc5)cc4)n3)cc2)cc1. The first kappa shape index (κ1) is 43.5. The predicted molar refractivity (Wildman–Crippen MR) is 293 cm³/mol. The number of benzene rings is 10. The van der Waals surface area contributed by atoms with Gasteiger partial charge in [0.2, 0.25) is 0 Å². The molecule has 0 spiro atoms. The van der Waals surface area contributed by atoms with Gasteiger partial charge in [0.05, 0.1) is 0 Å². The molecular weight excluding hydrogens is 877 g/mol. The molecule has 0 aliphatic carbocycles. The highest BCUT2D eigenvalue weighted by Crippen LogP contribution is 2.33. The van der Waals surface area contributed by atoms with Gasteiger partial charge in [-0.05, 0) is 55.6 Å². The molecule has 2 heterocycles. The molecule has 10 aromatic carbocycles. The lowest BCUT2D eigenvalue weighted by molar-refractivity contribution is 1.07. The lowest BCUT2D eigenvalue weighted by atomic mass is 10.0. The molecule has 6 nitrogen and oxygen atoms in total. The number of hydrogen-bond donors (Lipinski definition) is 0. The minimum Gasteiger partial charge on any atom is -0.208 e. The van der Waals surface area contributed by atoms with Crippen LogP contribution in [0.3, 0.4) is 0 Å². The summed E-state index contributed by atoms with van der Waals surface area (Å²) >= 11 is 0. The Morgan fingerprint density at radius 2 is 0.222 bits per heavy atom. The van der Waals surface area contributed by atoms with Crippen LogP contribution in [0.15, 0.2) is 267 Å². The van der Waals surface area contributed by atoms with Gasteiger partial charge in [-0.25, -0.2) is 29.9 Å². The predicted octanol–water partition coefficient (Wildman–Crippen LogP) is 16.4. The normalized spacial score (nSPS) is 11.1. The zero-order chi connectivity index (χ0) is 48.1. The van der Waals surface area contributed by atoms with Crippen LogP contribution >= 0.6 is 0 Å². The fourth-order valence-electron chi connectivity index (χ4n) is 8.92. The average Bonchev–Trinajstić information content (AvgIpc) is 3.48. The molecule has 0 saturated carbocycles. The molecule has 0 atom stereocenters. The Morgan fingerprint density at radius 3 is 0.361 bits per heavy atom. The van der Waals surface area contributed by atoms with Crippen molar-refractivity contribution in [1.29, 1.82) is 0 Å². The molecule has 0 aliphatic heterocycles. The summed E-state index contributed by atoms with van der Waals surface area (Å²) in [6, 6.07) is 92.0. The van der Waals surface area contributed by atoms with Crippen LogP contribution < -0.4 is 0 Å². The number of rotatable bonds is 11. The summed E-state index contributed by atoms with van der Waals surface area (Å²) in [5.74, 6) is 3.64. The fourth-order valence-corrected chi connectivity index (χ4v) is 8.92. The smallest absolute Gasteiger partial charge is 0.164 e. The van der Waals surface area contributed by atoms with Crippen LogP contribution in [0.5, 0.6) is 0 Å². The highest BCUT2D eigenvalue weighted by molar-refractivity contribution is 5.76. The molecule has 2 aromatic heterocycles. The summed E-state index contributed by atoms with van der Waals surface area (Å²) in [6.45, 7) is 0. The first-order chi connectivity index (χ1) is 35.6. The van der Waals surface area contributed by atoms with E-state index in [0.29, 0.717) is 34.9 Å². The summed E-state index contributed by atoms with van der Waals surface area (Å²) < 4.78 is 0. The molecule has 0 amide bonds. The summed E-state index contributed by atoms with van der Waals surface area (Å²) in [4.78, 5) is 30.4. The van der Waals surface area contributed by atoms with Crippen molar-refractivity contribution in [1.82, 2.24) is 29.9 Å². The molecule has 6 heteroatoms. The van der Waals surface area contributed by atoms with Crippen LogP contribution in [-0.4, -0.2) is 29.9 Å². The third kappa shape index (κ3) is 9.36. The van der Waals surface area contributed by atoms with E-state index in [0.717, 1.165) is 89.0 Å². The molecule has 0 saturated heterocycles. The lowest BCUT2D eigenvalue weighted by Gasteiger charge is -2.11. The van der Waals surface area contributed by atoms with Crippen molar-refractivity contribution >= 4 is 0 Å². The maximum Gasteiger partial charge on any atom is 0.164 e. The molecule has 338 valence electrons. The molecule has 0 fully saturated rings. The Kier molecular flexibility index (Phi) is 11.9. The number of nitrogens with zero attached hydrogens (tertiary/aromatic N) is 6. The topological polar surface area (TPSA) is 77.3 Å². The highest BCUT2D eigenvalue weighted by Gasteiger charge is 2.16. The van der Waals surface area contributed by atoms with E-state index < -0.39 is 0 Å². The fraction of sp³-hybridized carbons (Fsp3) is 0. The van der Waals surface area contributed by atoms with Gasteiger partial charge in [0.15, 0.2) is 34.9 Å². The van der Waals surface area contributed by atoms with Crippen molar-refractivity contribution < 1.29 is 0 Å². The van der Waals surface area contributed by atoms with E-state index in [1.807, 2.05) is 24.3 Å². The van der Waals surface area contributed by atoms with Crippen molar-refractivity contribution in [3.63, 3.8) is 0 Å². The number of aromatic nitrogens is 6. The van der Waals surface area contributed by atoms with Crippen LogP contribution in [0.1, 0.15) is 0 Å². The van der Waals surface area contributed by atoms with Crippen LogP contribution in [0, 0.1) is 0 Å². The molecule has 12 aromatic rings. The molecule has 0 bridgehead atoms. The zero-order valence-corrected chi connectivity index (χ0v) is 39.1. The van der Waals surface area contributed by atoms with Crippen LogP contribution in [0.25, 0.3) is 124 Å².